The third-order valence-electron chi connectivity index (χ3n) is 6.63. The summed E-state index contributed by atoms with van der Waals surface area (Å²) in [6.07, 6.45) is 5.90. The highest BCUT2D eigenvalue weighted by atomic mass is 16.5. The van der Waals surface area contributed by atoms with Crippen LogP contribution in [-0.2, 0) is 4.79 Å². The third-order valence-corrected chi connectivity index (χ3v) is 6.63. The molecule has 0 saturated heterocycles. The number of hydrogen-bond donors (Lipinski definition) is 1. The van der Waals surface area contributed by atoms with Crippen molar-refractivity contribution in [3.05, 3.63) is 82.4 Å². The molecular formula is C28H27N3O4. The number of para-hydroxylation sites is 1. The number of aromatic nitrogens is 2. The van der Waals surface area contributed by atoms with Crippen molar-refractivity contribution in [1.29, 1.82) is 0 Å². The Bertz CT molecular complexity index is 1490. The number of carbonyl (C=O) groups is 1. The molecule has 1 aliphatic carbocycles. The number of rotatable bonds is 6. The summed E-state index contributed by atoms with van der Waals surface area (Å²) in [5.74, 6) is 0.165. The summed E-state index contributed by atoms with van der Waals surface area (Å²) in [5, 5.41) is 16.3. The summed E-state index contributed by atoms with van der Waals surface area (Å²) in [5.41, 5.74) is 1.08. The summed E-state index contributed by atoms with van der Waals surface area (Å²) in [4.78, 5) is 29.8. The zero-order chi connectivity index (χ0) is 24.4. The van der Waals surface area contributed by atoms with Gasteiger partial charge in [0.15, 0.2) is 6.10 Å². The van der Waals surface area contributed by atoms with E-state index in [0.29, 0.717) is 28.0 Å². The van der Waals surface area contributed by atoms with Gasteiger partial charge in [0.25, 0.3) is 5.56 Å². The Labute approximate surface area is 202 Å². The standard InChI is InChI=1S/C28H27N3O4/c1-18(28(33)34)35-25-16-15-19-9-5-6-12-21(19)23(25)17-29-31-26(20-10-3-2-4-11-20)30-24-14-8-7-13-22(24)27(31)32/h5-9,12-18,20H,2-4,10-11H2,1H3,(H,33,34)/t18-/m0/s1. The number of aliphatic carboxylic acids is 1. The second-order valence-electron chi connectivity index (χ2n) is 8.98. The number of nitrogens with zero attached hydrogens (tertiary/aromatic N) is 3. The van der Waals surface area contributed by atoms with Gasteiger partial charge in [-0.05, 0) is 48.7 Å². The van der Waals surface area contributed by atoms with Crippen molar-refractivity contribution < 1.29 is 14.6 Å². The van der Waals surface area contributed by atoms with Crippen LogP contribution in [0.1, 0.15) is 56.3 Å². The molecule has 0 bridgehead atoms. The fourth-order valence-corrected chi connectivity index (χ4v) is 4.75. The van der Waals surface area contributed by atoms with Crippen LogP contribution in [-0.4, -0.2) is 33.1 Å². The van der Waals surface area contributed by atoms with Crippen LogP contribution in [0.2, 0.25) is 0 Å². The molecule has 4 aromatic rings. The lowest BCUT2D eigenvalue weighted by molar-refractivity contribution is -0.144. The number of hydrogen-bond acceptors (Lipinski definition) is 5. The summed E-state index contributed by atoms with van der Waals surface area (Å²) >= 11 is 0. The van der Waals surface area contributed by atoms with E-state index in [-0.39, 0.29) is 11.5 Å². The van der Waals surface area contributed by atoms with Gasteiger partial charge in [0, 0.05) is 11.5 Å². The predicted octanol–water partition coefficient (Wildman–Crippen LogP) is 5.33. The van der Waals surface area contributed by atoms with E-state index in [1.54, 1.807) is 18.3 Å². The van der Waals surface area contributed by atoms with Gasteiger partial charge in [-0.25, -0.2) is 9.78 Å². The lowest BCUT2D eigenvalue weighted by Crippen LogP contribution is -2.25. The quantitative estimate of drug-likeness (QED) is 0.385. The van der Waals surface area contributed by atoms with Gasteiger partial charge in [-0.15, -0.1) is 0 Å². The Morgan fingerprint density at radius 3 is 2.54 bits per heavy atom. The van der Waals surface area contributed by atoms with Crippen molar-refractivity contribution in [2.45, 2.75) is 51.0 Å². The van der Waals surface area contributed by atoms with Crippen molar-refractivity contribution in [2.24, 2.45) is 5.10 Å². The summed E-state index contributed by atoms with van der Waals surface area (Å²) in [6, 6.07) is 18.7. The number of carboxylic acids is 1. The van der Waals surface area contributed by atoms with Crippen molar-refractivity contribution in [3.63, 3.8) is 0 Å². The average molecular weight is 470 g/mol. The van der Waals surface area contributed by atoms with E-state index in [9.17, 15) is 14.7 Å². The highest BCUT2D eigenvalue weighted by molar-refractivity contribution is 6.02. The number of fused-ring (bicyclic) bond motifs is 2. The smallest absolute Gasteiger partial charge is 0.344 e. The molecule has 1 saturated carbocycles. The molecule has 7 nitrogen and oxygen atoms in total. The molecule has 3 aromatic carbocycles. The second kappa shape index (κ2) is 9.70. The highest BCUT2D eigenvalue weighted by Crippen LogP contribution is 2.32. The SMILES string of the molecule is C[C@H](Oc1ccc2ccccc2c1C=Nn1c(C2CCCCC2)nc2ccccc2c1=O)C(=O)O. The van der Waals surface area contributed by atoms with Gasteiger partial charge in [0.2, 0.25) is 0 Å². The van der Waals surface area contributed by atoms with E-state index < -0.39 is 12.1 Å². The molecule has 1 fully saturated rings. The first-order valence-electron chi connectivity index (χ1n) is 12.0. The molecule has 0 unspecified atom stereocenters. The molecule has 1 heterocycles. The minimum Gasteiger partial charge on any atom is -0.479 e. The van der Waals surface area contributed by atoms with E-state index >= 15 is 0 Å². The van der Waals surface area contributed by atoms with Crippen LogP contribution in [0.3, 0.4) is 0 Å². The second-order valence-corrected chi connectivity index (χ2v) is 8.98. The van der Waals surface area contributed by atoms with Crippen molar-refractivity contribution >= 4 is 33.9 Å². The van der Waals surface area contributed by atoms with Crippen LogP contribution in [0.5, 0.6) is 5.75 Å². The van der Waals surface area contributed by atoms with Gasteiger partial charge in [-0.1, -0.05) is 61.7 Å². The Balaban J connectivity index is 1.68. The minimum absolute atomic E-state index is 0.161. The zero-order valence-electron chi connectivity index (χ0n) is 19.6. The summed E-state index contributed by atoms with van der Waals surface area (Å²) < 4.78 is 7.18. The lowest BCUT2D eigenvalue weighted by atomic mass is 9.88. The Morgan fingerprint density at radius 1 is 1.06 bits per heavy atom. The lowest BCUT2D eigenvalue weighted by Gasteiger charge is -2.22. The van der Waals surface area contributed by atoms with Gasteiger partial charge < -0.3 is 9.84 Å². The number of carboxylic acid groups (broad SMARTS) is 1. The van der Waals surface area contributed by atoms with Crippen LogP contribution in [0.4, 0.5) is 0 Å². The Hall–Kier alpha value is -4.00. The van der Waals surface area contributed by atoms with E-state index in [4.69, 9.17) is 9.72 Å². The topological polar surface area (TPSA) is 93.8 Å². The highest BCUT2D eigenvalue weighted by Gasteiger charge is 2.23. The average Bonchev–Trinajstić information content (AvgIpc) is 2.89. The molecule has 5 rings (SSSR count). The van der Waals surface area contributed by atoms with Crippen molar-refractivity contribution in [3.8, 4) is 5.75 Å². The fourth-order valence-electron chi connectivity index (χ4n) is 4.75. The van der Waals surface area contributed by atoms with E-state index in [2.05, 4.69) is 5.10 Å². The summed E-state index contributed by atoms with van der Waals surface area (Å²) in [6.45, 7) is 1.48. The minimum atomic E-state index is -1.06. The van der Waals surface area contributed by atoms with Gasteiger partial charge in [0.05, 0.1) is 17.1 Å². The van der Waals surface area contributed by atoms with Crippen LogP contribution < -0.4 is 10.3 Å². The monoisotopic (exact) mass is 469 g/mol. The van der Waals surface area contributed by atoms with Crippen LogP contribution >= 0.6 is 0 Å². The molecule has 7 heteroatoms. The number of ether oxygens (including phenoxy) is 1. The maximum atomic E-state index is 13.5. The van der Waals surface area contributed by atoms with Gasteiger partial charge >= 0.3 is 5.97 Å². The first-order chi connectivity index (χ1) is 17.0. The third kappa shape index (κ3) is 4.54. The maximum absolute atomic E-state index is 13.5. The van der Waals surface area contributed by atoms with Gasteiger partial charge in [-0.3, -0.25) is 4.79 Å². The van der Waals surface area contributed by atoms with E-state index in [1.165, 1.54) is 18.0 Å². The molecule has 1 aliphatic rings. The first kappa shape index (κ1) is 22.8. The molecule has 0 aliphatic heterocycles. The molecule has 1 aromatic heterocycles. The predicted molar refractivity (Wildman–Crippen MR) is 136 cm³/mol. The number of benzene rings is 3. The van der Waals surface area contributed by atoms with E-state index in [1.807, 2.05) is 48.5 Å². The van der Waals surface area contributed by atoms with Crippen LogP contribution in [0.25, 0.3) is 21.7 Å². The molecule has 1 atom stereocenters. The van der Waals surface area contributed by atoms with Crippen molar-refractivity contribution in [2.75, 3.05) is 0 Å². The molecule has 0 radical (unpaired) electrons. The molecule has 0 spiro atoms. The van der Waals surface area contributed by atoms with E-state index in [0.717, 1.165) is 36.5 Å². The molecule has 178 valence electrons. The Morgan fingerprint density at radius 2 is 1.77 bits per heavy atom. The van der Waals surface area contributed by atoms with Gasteiger partial charge in [0.1, 0.15) is 11.6 Å². The molecule has 35 heavy (non-hydrogen) atoms. The molecule has 1 N–H and O–H groups in total. The van der Waals surface area contributed by atoms with Crippen LogP contribution in [0.15, 0.2) is 70.6 Å². The normalized spacial score (nSPS) is 15.6. The molecule has 0 amide bonds. The largest absolute Gasteiger partial charge is 0.479 e. The molecular weight excluding hydrogens is 442 g/mol. The summed E-state index contributed by atoms with van der Waals surface area (Å²) in [7, 11) is 0. The van der Waals surface area contributed by atoms with Crippen LogP contribution in [0, 0.1) is 0 Å². The zero-order valence-corrected chi connectivity index (χ0v) is 19.6. The van der Waals surface area contributed by atoms with Crippen molar-refractivity contribution in [1.82, 2.24) is 9.66 Å². The first-order valence-corrected chi connectivity index (χ1v) is 12.0. The Kier molecular flexibility index (Phi) is 6.31. The van der Waals surface area contributed by atoms with Gasteiger partial charge in [-0.2, -0.15) is 9.78 Å². The maximum Gasteiger partial charge on any atom is 0.344 e. The fraction of sp³-hybridized carbons (Fsp3) is 0.286.